The Kier molecular flexibility index (Phi) is 6.28. The Balaban J connectivity index is 0.00000200. The summed E-state index contributed by atoms with van der Waals surface area (Å²) in [7, 11) is 0. The van der Waals surface area contributed by atoms with Gasteiger partial charge in [-0.25, -0.2) is 0 Å². The molecule has 1 aromatic carbocycles. The van der Waals surface area contributed by atoms with Crippen molar-refractivity contribution >= 4 is 17.5 Å². The minimum Gasteiger partial charge on any atom is -1.00 e. The summed E-state index contributed by atoms with van der Waals surface area (Å²) in [5.74, 6) is 0.372. The van der Waals surface area contributed by atoms with Crippen LogP contribution in [0.4, 0.5) is 0 Å². The number of aryl methyl sites for hydroxylation is 1. The maximum Gasteiger partial charge on any atom is 0.312 e. The number of hydrogen-bond acceptors (Lipinski definition) is 2. The Hall–Kier alpha value is -1.78. The van der Waals surface area contributed by atoms with Gasteiger partial charge in [0.25, 0.3) is 0 Å². The second kappa shape index (κ2) is 7.72. The molecule has 0 bridgehead atoms. The van der Waals surface area contributed by atoms with Crippen LogP contribution in [0.5, 0.6) is 5.75 Å². The number of aromatic nitrogens is 1. The van der Waals surface area contributed by atoms with Crippen molar-refractivity contribution in [3.63, 3.8) is 0 Å². The lowest BCUT2D eigenvalue weighted by molar-refractivity contribution is -0.642. The average molecular weight is 313 g/mol. The van der Waals surface area contributed by atoms with Gasteiger partial charge in [-0.2, -0.15) is 0 Å². The van der Waals surface area contributed by atoms with Gasteiger partial charge in [0.1, 0.15) is 5.75 Å². The molecule has 0 radical (unpaired) electrons. The highest BCUT2D eigenvalue weighted by molar-refractivity contribution is 6.30. The van der Waals surface area contributed by atoms with E-state index in [1.165, 1.54) is 0 Å². The van der Waals surface area contributed by atoms with Crippen LogP contribution in [0.3, 0.4) is 0 Å². The molecule has 106 valence electrons. The van der Waals surface area contributed by atoms with Crippen LogP contribution in [0, 0.1) is 6.92 Å². The predicted molar refractivity (Wildman–Crippen MR) is 72.7 cm³/mol. The summed E-state index contributed by atoms with van der Waals surface area (Å²) in [5, 5.41) is 0.631. The zero-order chi connectivity index (χ0) is 13.7. The second-order valence-corrected chi connectivity index (χ2v) is 4.50. The summed E-state index contributed by atoms with van der Waals surface area (Å²) in [6, 6.07) is 10.7. The first-order valence-electron chi connectivity index (χ1n) is 5.79. The highest BCUT2D eigenvalue weighted by Crippen LogP contribution is 2.15. The predicted octanol–water partition coefficient (Wildman–Crippen LogP) is -0.911. The molecule has 2 rings (SSSR count). The van der Waals surface area contributed by atoms with E-state index in [1.54, 1.807) is 41.3 Å². The van der Waals surface area contributed by atoms with Crippen LogP contribution < -0.4 is 27.2 Å². The lowest BCUT2D eigenvalue weighted by Crippen LogP contribution is -3.00. The molecule has 0 saturated carbocycles. The minimum atomic E-state index is -0.233. The summed E-state index contributed by atoms with van der Waals surface area (Å²) in [4.78, 5) is 11.7. The Morgan fingerprint density at radius 2 is 1.80 bits per heavy atom. The maximum atomic E-state index is 11.7. The number of carbonyl (C=O) groups is 1. The Labute approximate surface area is 128 Å². The Morgan fingerprint density at radius 1 is 1.20 bits per heavy atom. The quantitative estimate of drug-likeness (QED) is 0.743. The molecule has 0 spiro atoms. The standard InChI is InChI=1S/C14H13ClN2O2.ClH/c1-11-6-8-17(9-7-11)16-14(18)10-19-13-4-2-12(15)3-5-13;/h2-9H,10H2,1H3;1H. The number of nitrogens with zero attached hydrogens (tertiary/aromatic N) is 1. The first kappa shape index (κ1) is 16.3. The van der Waals surface area contributed by atoms with Gasteiger partial charge in [0, 0.05) is 17.2 Å². The van der Waals surface area contributed by atoms with Gasteiger partial charge in [0.2, 0.25) is 0 Å². The van der Waals surface area contributed by atoms with Gasteiger partial charge in [-0.3, -0.25) is 4.79 Å². The van der Waals surface area contributed by atoms with Gasteiger partial charge in [-0.05, 0) is 36.8 Å². The molecule has 0 aliphatic rings. The third-order valence-electron chi connectivity index (χ3n) is 2.43. The highest BCUT2D eigenvalue weighted by Gasteiger charge is 2.08. The van der Waals surface area contributed by atoms with Gasteiger partial charge in [-0.1, -0.05) is 16.3 Å². The average Bonchev–Trinajstić information content (AvgIpc) is 2.41. The zero-order valence-corrected chi connectivity index (χ0v) is 12.4. The van der Waals surface area contributed by atoms with Gasteiger partial charge >= 0.3 is 5.91 Å². The number of benzene rings is 1. The molecule has 0 atom stereocenters. The molecule has 6 heteroatoms. The summed E-state index contributed by atoms with van der Waals surface area (Å²) in [5.41, 5.74) is 3.81. The number of amides is 1. The van der Waals surface area contributed by atoms with Crippen molar-refractivity contribution in [3.05, 3.63) is 59.4 Å². The SMILES string of the molecule is Cc1cc[n+](NC(=O)COc2ccc(Cl)cc2)cc1.[Cl-]. The van der Waals surface area contributed by atoms with E-state index in [-0.39, 0.29) is 24.9 Å². The zero-order valence-electron chi connectivity index (χ0n) is 10.8. The number of nitrogens with one attached hydrogen (secondary N) is 1. The molecular weight excluding hydrogens is 299 g/mol. The van der Waals surface area contributed by atoms with Crippen molar-refractivity contribution < 1.29 is 26.6 Å². The molecule has 2 aromatic rings. The van der Waals surface area contributed by atoms with Crippen LogP contribution >= 0.6 is 11.6 Å². The summed E-state index contributed by atoms with van der Waals surface area (Å²) >= 11 is 5.76. The van der Waals surface area contributed by atoms with Crippen molar-refractivity contribution in [3.8, 4) is 5.75 Å². The minimum absolute atomic E-state index is 0. The van der Waals surface area contributed by atoms with Crippen LogP contribution in [0.1, 0.15) is 5.56 Å². The Morgan fingerprint density at radius 3 is 2.40 bits per heavy atom. The van der Waals surface area contributed by atoms with E-state index >= 15 is 0 Å². The van der Waals surface area contributed by atoms with Crippen LogP contribution in [-0.2, 0) is 4.79 Å². The molecule has 0 unspecified atom stereocenters. The van der Waals surface area contributed by atoms with E-state index in [1.807, 2.05) is 19.1 Å². The van der Waals surface area contributed by atoms with Gasteiger partial charge < -0.3 is 17.1 Å². The molecule has 0 fully saturated rings. The fourth-order valence-corrected chi connectivity index (χ4v) is 1.56. The number of rotatable bonds is 4. The molecule has 4 nitrogen and oxygen atoms in total. The number of ether oxygens (including phenoxy) is 1. The lowest BCUT2D eigenvalue weighted by atomic mass is 10.3. The van der Waals surface area contributed by atoms with Crippen molar-refractivity contribution in [1.29, 1.82) is 0 Å². The largest absolute Gasteiger partial charge is 1.00 e. The molecular formula is C14H14Cl2N2O2. The van der Waals surface area contributed by atoms with Gasteiger partial charge in [0.05, 0.1) is 0 Å². The van der Waals surface area contributed by atoms with E-state index in [4.69, 9.17) is 16.3 Å². The lowest BCUT2D eigenvalue weighted by Gasteiger charge is -2.04. The molecule has 20 heavy (non-hydrogen) atoms. The van der Waals surface area contributed by atoms with Crippen LogP contribution in [0.15, 0.2) is 48.8 Å². The third-order valence-corrected chi connectivity index (χ3v) is 2.69. The summed E-state index contributed by atoms with van der Waals surface area (Å²) < 4.78 is 6.92. The second-order valence-electron chi connectivity index (χ2n) is 4.06. The van der Waals surface area contributed by atoms with Crippen LogP contribution in [0.25, 0.3) is 0 Å². The smallest absolute Gasteiger partial charge is 0.312 e. The number of hydrogen-bond donors (Lipinski definition) is 1. The maximum absolute atomic E-state index is 11.7. The fraction of sp³-hybridized carbons (Fsp3) is 0.143. The van der Waals surface area contributed by atoms with Crippen molar-refractivity contribution in [2.75, 3.05) is 12.0 Å². The molecule has 1 amide bonds. The first-order chi connectivity index (χ1) is 9.13. The normalized spacial score (nSPS) is 9.50. The van der Waals surface area contributed by atoms with Crippen LogP contribution in [-0.4, -0.2) is 12.5 Å². The van der Waals surface area contributed by atoms with Crippen molar-refractivity contribution in [1.82, 2.24) is 0 Å². The summed E-state index contributed by atoms with van der Waals surface area (Å²) in [6.45, 7) is 1.93. The van der Waals surface area contributed by atoms with Crippen LogP contribution in [0.2, 0.25) is 5.02 Å². The monoisotopic (exact) mass is 312 g/mol. The number of carbonyl (C=O) groups excluding carboxylic acids is 1. The van der Waals surface area contributed by atoms with E-state index in [0.29, 0.717) is 10.8 Å². The van der Waals surface area contributed by atoms with E-state index in [0.717, 1.165) is 5.56 Å². The van der Waals surface area contributed by atoms with Crippen molar-refractivity contribution in [2.45, 2.75) is 6.92 Å². The van der Waals surface area contributed by atoms with Crippen molar-refractivity contribution in [2.24, 2.45) is 0 Å². The highest BCUT2D eigenvalue weighted by atomic mass is 35.5. The molecule has 0 aliphatic carbocycles. The molecule has 0 aliphatic heterocycles. The van der Waals surface area contributed by atoms with E-state index in [2.05, 4.69) is 5.43 Å². The number of pyridine rings is 1. The van der Waals surface area contributed by atoms with Gasteiger partial charge in [0.15, 0.2) is 19.0 Å². The molecule has 1 aromatic heterocycles. The Bertz CT molecular complexity index is 556. The molecule has 0 saturated heterocycles. The molecule has 1 heterocycles. The van der Waals surface area contributed by atoms with E-state index < -0.39 is 0 Å². The summed E-state index contributed by atoms with van der Waals surface area (Å²) in [6.07, 6.45) is 3.55. The first-order valence-corrected chi connectivity index (χ1v) is 6.17. The number of halogens is 2. The fourth-order valence-electron chi connectivity index (χ4n) is 1.43. The molecule has 1 N–H and O–H groups in total. The topological polar surface area (TPSA) is 42.2 Å². The third kappa shape index (κ3) is 5.07. The van der Waals surface area contributed by atoms with E-state index in [9.17, 15) is 4.79 Å². The van der Waals surface area contributed by atoms with Gasteiger partial charge in [-0.15, -0.1) is 5.43 Å².